The molecule has 0 saturated heterocycles. The summed E-state index contributed by atoms with van der Waals surface area (Å²) < 4.78 is 8.52. The van der Waals surface area contributed by atoms with E-state index >= 15 is 0 Å². The maximum atomic E-state index is 13.4. The van der Waals surface area contributed by atoms with Gasteiger partial charge in [-0.1, -0.05) is 0 Å². The summed E-state index contributed by atoms with van der Waals surface area (Å²) in [6.07, 6.45) is 5.16. The summed E-state index contributed by atoms with van der Waals surface area (Å²) in [4.78, 5) is 45.3. The molecule has 2 amide bonds. The van der Waals surface area contributed by atoms with E-state index in [4.69, 9.17) is 4.74 Å². The Kier molecular flexibility index (Phi) is 7.93. The standard InChI is InChI=1S/C28H39N7O5/c1-17(2)34-13-9-11-20(25(34)37)31-21-14-22(33(7)26(38)40-27(3,4)5)35-23(32-21)19(16-29-35)24(36)30-18-10-8-12-28(6,39)15-18/h9,11,13-14,16-18,39H,8,10,12,15H2,1-7H3,(H,30,36)(H,31,32)/t18-,28-/m0/s1. The molecule has 3 aromatic rings. The topological polar surface area (TPSA) is 143 Å². The Bertz CT molecular complexity index is 1470. The lowest BCUT2D eigenvalue weighted by Crippen LogP contribution is -2.44. The van der Waals surface area contributed by atoms with Crippen molar-refractivity contribution in [2.45, 2.75) is 90.5 Å². The first kappa shape index (κ1) is 29.1. The van der Waals surface area contributed by atoms with E-state index in [-0.39, 0.29) is 46.2 Å². The molecule has 1 saturated carbocycles. The van der Waals surface area contributed by atoms with Crippen molar-refractivity contribution in [3.05, 3.63) is 46.5 Å². The van der Waals surface area contributed by atoms with Crippen LogP contribution in [-0.4, -0.2) is 60.6 Å². The number of ether oxygens (including phenoxy) is 1. The molecule has 2 atom stereocenters. The highest BCUT2D eigenvalue weighted by atomic mass is 16.6. The van der Waals surface area contributed by atoms with Gasteiger partial charge in [0.15, 0.2) is 5.65 Å². The number of fused-ring (bicyclic) bond motifs is 1. The smallest absolute Gasteiger partial charge is 0.415 e. The van der Waals surface area contributed by atoms with E-state index in [2.05, 4.69) is 20.7 Å². The zero-order chi connectivity index (χ0) is 29.4. The van der Waals surface area contributed by atoms with Crippen molar-refractivity contribution in [2.75, 3.05) is 17.3 Å². The third kappa shape index (κ3) is 6.44. The SMILES string of the molecule is CC(C)n1cccc(Nc2cc(N(C)C(=O)OC(C)(C)C)n3ncc(C(=O)N[C@H]4CCC[C@](C)(O)C4)c3n2)c1=O. The lowest BCUT2D eigenvalue weighted by atomic mass is 9.83. The van der Waals surface area contributed by atoms with Crippen LogP contribution >= 0.6 is 0 Å². The minimum Gasteiger partial charge on any atom is -0.443 e. The average molecular weight is 554 g/mol. The Balaban J connectivity index is 1.76. The summed E-state index contributed by atoms with van der Waals surface area (Å²) in [6.45, 7) is 10.9. The molecule has 0 aromatic carbocycles. The molecule has 0 radical (unpaired) electrons. The van der Waals surface area contributed by atoms with E-state index in [0.717, 1.165) is 12.8 Å². The molecule has 3 aromatic heterocycles. The predicted molar refractivity (Wildman–Crippen MR) is 152 cm³/mol. The number of hydrogen-bond acceptors (Lipinski definition) is 8. The number of carbonyl (C=O) groups is 2. The van der Waals surface area contributed by atoms with Crippen LogP contribution in [0.1, 0.15) is 83.6 Å². The van der Waals surface area contributed by atoms with Gasteiger partial charge in [0.2, 0.25) is 0 Å². The molecule has 1 aliphatic carbocycles. The molecular weight excluding hydrogens is 514 g/mol. The van der Waals surface area contributed by atoms with Gasteiger partial charge in [-0.25, -0.2) is 9.78 Å². The average Bonchev–Trinajstić information content (AvgIpc) is 3.26. The van der Waals surface area contributed by atoms with Crippen LogP contribution in [0.15, 0.2) is 35.4 Å². The summed E-state index contributed by atoms with van der Waals surface area (Å²) >= 11 is 0. The zero-order valence-corrected chi connectivity index (χ0v) is 24.2. The van der Waals surface area contributed by atoms with E-state index in [1.807, 2.05) is 13.8 Å². The summed E-state index contributed by atoms with van der Waals surface area (Å²) in [7, 11) is 1.53. The van der Waals surface area contributed by atoms with Crippen molar-refractivity contribution in [1.82, 2.24) is 24.5 Å². The second-order valence-corrected chi connectivity index (χ2v) is 11.9. The lowest BCUT2D eigenvalue weighted by molar-refractivity contribution is 0.0106. The number of carbonyl (C=O) groups excluding carboxylic acids is 2. The first-order chi connectivity index (χ1) is 18.6. The first-order valence-electron chi connectivity index (χ1n) is 13.5. The Labute approximate surface area is 233 Å². The van der Waals surface area contributed by atoms with Crippen LogP contribution in [0, 0.1) is 0 Å². The molecular formula is C28H39N7O5. The van der Waals surface area contributed by atoms with Crippen molar-refractivity contribution < 1.29 is 19.4 Å². The molecule has 216 valence electrons. The Morgan fingerprint density at radius 1 is 1.30 bits per heavy atom. The highest BCUT2D eigenvalue weighted by Crippen LogP contribution is 2.29. The van der Waals surface area contributed by atoms with Crippen molar-refractivity contribution in [2.24, 2.45) is 0 Å². The minimum absolute atomic E-state index is 0.0516. The van der Waals surface area contributed by atoms with E-state index in [9.17, 15) is 19.5 Å². The molecule has 0 unspecified atom stereocenters. The van der Waals surface area contributed by atoms with Crippen molar-refractivity contribution in [1.29, 1.82) is 0 Å². The second kappa shape index (κ2) is 10.9. The van der Waals surface area contributed by atoms with Gasteiger partial charge in [-0.05, 0) is 79.4 Å². The fraction of sp³-hybridized carbons (Fsp3) is 0.536. The summed E-state index contributed by atoms with van der Waals surface area (Å²) in [5.41, 5.74) is -1.14. The van der Waals surface area contributed by atoms with Gasteiger partial charge in [-0.3, -0.25) is 14.5 Å². The number of rotatable bonds is 6. The van der Waals surface area contributed by atoms with Crippen LogP contribution in [0.4, 0.5) is 22.1 Å². The van der Waals surface area contributed by atoms with Crippen LogP contribution in [0.3, 0.4) is 0 Å². The lowest BCUT2D eigenvalue weighted by Gasteiger charge is -2.34. The van der Waals surface area contributed by atoms with Crippen LogP contribution in [0.2, 0.25) is 0 Å². The van der Waals surface area contributed by atoms with Crippen LogP contribution in [-0.2, 0) is 4.74 Å². The summed E-state index contributed by atoms with van der Waals surface area (Å²) in [5, 5.41) is 20.9. The molecule has 0 aliphatic heterocycles. The fourth-order valence-corrected chi connectivity index (χ4v) is 4.83. The molecule has 0 spiro atoms. The largest absolute Gasteiger partial charge is 0.443 e. The van der Waals surface area contributed by atoms with Gasteiger partial charge in [0.1, 0.15) is 28.5 Å². The number of aliphatic hydroxyl groups is 1. The Morgan fingerprint density at radius 2 is 2.02 bits per heavy atom. The minimum atomic E-state index is -0.839. The third-order valence-corrected chi connectivity index (χ3v) is 6.79. The highest BCUT2D eigenvalue weighted by molar-refractivity contribution is 6.00. The van der Waals surface area contributed by atoms with E-state index in [1.54, 1.807) is 56.7 Å². The van der Waals surface area contributed by atoms with Gasteiger partial charge in [0, 0.05) is 31.4 Å². The summed E-state index contributed by atoms with van der Waals surface area (Å²) in [5.74, 6) is 0.128. The number of hydrogen-bond donors (Lipinski definition) is 3. The maximum Gasteiger partial charge on any atom is 0.415 e. The van der Waals surface area contributed by atoms with Gasteiger partial charge < -0.3 is 25.0 Å². The Hall–Kier alpha value is -3.93. The number of pyridine rings is 1. The van der Waals surface area contributed by atoms with E-state index in [0.29, 0.717) is 12.8 Å². The van der Waals surface area contributed by atoms with Gasteiger partial charge in [-0.15, -0.1) is 0 Å². The monoisotopic (exact) mass is 553 g/mol. The predicted octanol–water partition coefficient (Wildman–Crippen LogP) is 4.01. The normalized spacial score (nSPS) is 19.5. The number of anilines is 3. The highest BCUT2D eigenvalue weighted by Gasteiger charge is 2.32. The van der Waals surface area contributed by atoms with Gasteiger partial charge in [0.05, 0.1) is 11.8 Å². The molecule has 4 rings (SSSR count). The number of amides is 2. The van der Waals surface area contributed by atoms with Gasteiger partial charge in [-0.2, -0.15) is 9.61 Å². The van der Waals surface area contributed by atoms with Crippen LogP contribution in [0.25, 0.3) is 5.65 Å². The van der Waals surface area contributed by atoms with Crippen LogP contribution < -0.4 is 21.1 Å². The second-order valence-electron chi connectivity index (χ2n) is 11.9. The first-order valence-corrected chi connectivity index (χ1v) is 13.5. The molecule has 12 heteroatoms. The van der Waals surface area contributed by atoms with E-state index in [1.165, 1.54) is 22.7 Å². The number of aromatic nitrogens is 4. The fourth-order valence-electron chi connectivity index (χ4n) is 4.83. The van der Waals surface area contributed by atoms with Crippen LogP contribution in [0.5, 0.6) is 0 Å². The van der Waals surface area contributed by atoms with Gasteiger partial charge in [0.25, 0.3) is 11.5 Å². The van der Waals surface area contributed by atoms with Crippen molar-refractivity contribution in [3.63, 3.8) is 0 Å². The van der Waals surface area contributed by atoms with Gasteiger partial charge >= 0.3 is 6.09 Å². The van der Waals surface area contributed by atoms with Crippen molar-refractivity contribution in [3.8, 4) is 0 Å². The molecule has 3 heterocycles. The number of nitrogens with one attached hydrogen (secondary N) is 2. The molecule has 0 bridgehead atoms. The molecule has 1 aliphatic rings. The third-order valence-electron chi connectivity index (χ3n) is 6.79. The quantitative estimate of drug-likeness (QED) is 0.416. The number of nitrogens with zero attached hydrogens (tertiary/aromatic N) is 5. The molecule has 12 nitrogen and oxygen atoms in total. The van der Waals surface area contributed by atoms with E-state index < -0.39 is 23.2 Å². The zero-order valence-electron chi connectivity index (χ0n) is 24.2. The Morgan fingerprint density at radius 3 is 2.67 bits per heavy atom. The molecule has 1 fully saturated rings. The van der Waals surface area contributed by atoms with Crippen molar-refractivity contribution >= 4 is 35.0 Å². The molecule has 3 N–H and O–H groups in total. The summed E-state index contributed by atoms with van der Waals surface area (Å²) in [6, 6.07) is 4.71. The molecule has 40 heavy (non-hydrogen) atoms. The maximum absolute atomic E-state index is 13.4.